The van der Waals surface area contributed by atoms with E-state index in [2.05, 4.69) is 4.98 Å². The highest BCUT2D eigenvalue weighted by molar-refractivity contribution is 7.89. The van der Waals surface area contributed by atoms with Crippen LogP contribution < -0.4 is 10.6 Å². The molecule has 1 saturated heterocycles. The molecule has 0 spiro atoms. The number of benzene rings is 1. The molecule has 3 rings (SSSR count). The van der Waals surface area contributed by atoms with Crippen molar-refractivity contribution in [2.75, 3.05) is 30.3 Å². The number of nitrogen functional groups attached to an aromatic ring is 1. The second-order valence-electron chi connectivity index (χ2n) is 5.47. The molecule has 7 nitrogen and oxygen atoms in total. The summed E-state index contributed by atoms with van der Waals surface area (Å²) in [5.41, 5.74) is 4.85. The van der Waals surface area contributed by atoms with Gasteiger partial charge in [-0.15, -0.1) is 11.3 Å². The second-order valence-corrected chi connectivity index (χ2v) is 8.24. The summed E-state index contributed by atoms with van der Waals surface area (Å²) in [5.74, 6) is -0.640. The molecule has 12 heteroatoms. The summed E-state index contributed by atoms with van der Waals surface area (Å²) in [7, 11) is -3.90. The fourth-order valence-electron chi connectivity index (χ4n) is 2.37. The number of nitrogens with two attached hydrogens (primary N) is 1. The minimum absolute atomic E-state index is 0.0124. The number of anilines is 2. The van der Waals surface area contributed by atoms with Crippen LogP contribution >= 0.6 is 11.3 Å². The zero-order valence-corrected chi connectivity index (χ0v) is 14.7. The molecule has 1 aliphatic rings. The highest BCUT2D eigenvalue weighted by Gasteiger charge is 2.37. The van der Waals surface area contributed by atoms with Gasteiger partial charge in [-0.05, 0) is 24.3 Å². The molecule has 0 aliphatic carbocycles. The van der Waals surface area contributed by atoms with E-state index in [0.29, 0.717) is 17.0 Å². The number of sulfonamides is 1. The highest BCUT2D eigenvalue weighted by atomic mass is 32.2. The Labute approximate surface area is 150 Å². The van der Waals surface area contributed by atoms with Crippen LogP contribution in [-0.2, 0) is 21.0 Å². The minimum atomic E-state index is -4.60. The van der Waals surface area contributed by atoms with Crippen LogP contribution in [0.3, 0.4) is 0 Å². The Hall–Kier alpha value is -2.18. The van der Waals surface area contributed by atoms with Gasteiger partial charge in [0, 0.05) is 24.2 Å². The topological polar surface area (TPSA) is 96.6 Å². The van der Waals surface area contributed by atoms with Gasteiger partial charge in [-0.2, -0.15) is 17.5 Å². The van der Waals surface area contributed by atoms with E-state index in [9.17, 15) is 26.4 Å². The van der Waals surface area contributed by atoms with Crippen molar-refractivity contribution in [1.29, 1.82) is 0 Å². The van der Waals surface area contributed by atoms with E-state index < -0.39 is 34.3 Å². The number of aromatic nitrogens is 1. The molecule has 0 radical (unpaired) electrons. The fraction of sp³-hybridized carbons (Fsp3) is 0.286. The minimum Gasteiger partial charge on any atom is -0.399 e. The maximum Gasteiger partial charge on any atom is 0.434 e. The number of carbonyl (C=O) groups excluding carboxylic acids is 1. The van der Waals surface area contributed by atoms with Gasteiger partial charge in [-0.1, -0.05) is 0 Å². The van der Waals surface area contributed by atoms with E-state index in [1.165, 1.54) is 24.3 Å². The number of hydrogen-bond acceptors (Lipinski definition) is 6. The summed E-state index contributed by atoms with van der Waals surface area (Å²) in [6.45, 7) is -0.620. The lowest BCUT2D eigenvalue weighted by atomic mass is 10.3. The van der Waals surface area contributed by atoms with Crippen molar-refractivity contribution in [1.82, 2.24) is 9.29 Å². The van der Waals surface area contributed by atoms with Gasteiger partial charge in [0.05, 0.1) is 11.4 Å². The molecule has 2 N–H and O–H groups in total. The average Bonchev–Trinajstić information content (AvgIpc) is 3.05. The molecule has 1 fully saturated rings. The zero-order chi connectivity index (χ0) is 19.1. The van der Waals surface area contributed by atoms with Gasteiger partial charge in [0.2, 0.25) is 15.9 Å². The monoisotopic (exact) mass is 406 g/mol. The van der Waals surface area contributed by atoms with Crippen LogP contribution in [0.25, 0.3) is 0 Å². The summed E-state index contributed by atoms with van der Waals surface area (Å²) < 4.78 is 64.1. The Morgan fingerprint density at radius 2 is 1.81 bits per heavy atom. The molecule has 26 heavy (non-hydrogen) atoms. The Balaban J connectivity index is 1.77. The molecule has 0 saturated carbocycles. The number of hydrogen-bond donors (Lipinski definition) is 1. The number of rotatable bonds is 3. The van der Waals surface area contributed by atoms with Gasteiger partial charge in [-0.25, -0.2) is 13.4 Å². The van der Waals surface area contributed by atoms with Gasteiger partial charge in [0.1, 0.15) is 0 Å². The van der Waals surface area contributed by atoms with Crippen LogP contribution in [0.5, 0.6) is 0 Å². The smallest absolute Gasteiger partial charge is 0.399 e. The van der Waals surface area contributed by atoms with E-state index in [0.717, 1.165) is 14.6 Å². The van der Waals surface area contributed by atoms with Gasteiger partial charge >= 0.3 is 6.18 Å². The van der Waals surface area contributed by atoms with Crippen molar-refractivity contribution in [3.05, 3.63) is 35.3 Å². The van der Waals surface area contributed by atoms with Crippen LogP contribution in [0.2, 0.25) is 0 Å². The van der Waals surface area contributed by atoms with Gasteiger partial charge in [0.15, 0.2) is 10.8 Å². The molecular weight excluding hydrogens is 393 g/mol. The summed E-state index contributed by atoms with van der Waals surface area (Å²) in [6, 6.07) is 5.52. The maximum absolute atomic E-state index is 12.6. The van der Waals surface area contributed by atoms with Crippen LogP contribution in [-0.4, -0.2) is 43.2 Å². The molecule has 1 amide bonds. The standard InChI is InChI=1S/C14H13F3N4O3S2/c15-14(16,17)11-8-25-13(19-11)21-6-5-20(7-12(21)22)26(23,24)10-3-1-9(18)2-4-10/h1-4,8H,5-7,18H2. The molecule has 1 aromatic carbocycles. The Kier molecular flexibility index (Phi) is 4.67. The molecule has 0 unspecified atom stereocenters. The predicted molar refractivity (Wildman–Crippen MR) is 89.1 cm³/mol. The third-order valence-electron chi connectivity index (χ3n) is 3.72. The summed E-state index contributed by atoms with van der Waals surface area (Å²) >= 11 is 0.686. The Bertz CT molecular complexity index is 926. The number of halogens is 3. The SMILES string of the molecule is Nc1ccc(S(=O)(=O)N2CCN(c3nc(C(F)(F)F)cs3)C(=O)C2)cc1. The number of piperazine rings is 1. The first-order valence-electron chi connectivity index (χ1n) is 7.28. The van der Waals surface area contributed by atoms with E-state index in [1.807, 2.05) is 0 Å². The highest BCUT2D eigenvalue weighted by Crippen LogP contribution is 2.33. The molecule has 140 valence electrons. The largest absolute Gasteiger partial charge is 0.434 e. The fourth-order valence-corrected chi connectivity index (χ4v) is 4.62. The lowest BCUT2D eigenvalue weighted by Gasteiger charge is -2.32. The Morgan fingerprint density at radius 1 is 1.15 bits per heavy atom. The quantitative estimate of drug-likeness (QED) is 0.784. The average molecular weight is 406 g/mol. The first-order valence-corrected chi connectivity index (χ1v) is 9.60. The number of nitrogens with zero attached hydrogens (tertiary/aromatic N) is 3. The van der Waals surface area contributed by atoms with Crippen LogP contribution in [0, 0.1) is 0 Å². The summed E-state index contributed by atoms with van der Waals surface area (Å²) in [5, 5.41) is 0.715. The maximum atomic E-state index is 12.6. The van der Waals surface area contributed by atoms with Crippen molar-refractivity contribution in [3.63, 3.8) is 0 Å². The molecular formula is C14H13F3N4O3S2. The molecule has 2 heterocycles. The van der Waals surface area contributed by atoms with Crippen molar-refractivity contribution in [3.8, 4) is 0 Å². The van der Waals surface area contributed by atoms with Crippen molar-refractivity contribution in [2.45, 2.75) is 11.1 Å². The first-order chi connectivity index (χ1) is 12.1. The molecule has 1 aliphatic heterocycles. The van der Waals surface area contributed by atoms with Crippen molar-refractivity contribution < 1.29 is 26.4 Å². The first kappa shape index (κ1) is 18.6. The molecule has 0 atom stereocenters. The predicted octanol–water partition coefficient (Wildman–Crippen LogP) is 1.78. The van der Waals surface area contributed by atoms with Gasteiger partial charge < -0.3 is 5.73 Å². The van der Waals surface area contributed by atoms with E-state index >= 15 is 0 Å². The number of thiazole rings is 1. The lowest BCUT2D eigenvalue weighted by molar-refractivity contribution is -0.140. The third kappa shape index (κ3) is 3.52. The van der Waals surface area contributed by atoms with Crippen molar-refractivity contribution >= 4 is 38.1 Å². The molecule has 2 aromatic rings. The van der Waals surface area contributed by atoms with Gasteiger partial charge in [0.25, 0.3) is 0 Å². The van der Waals surface area contributed by atoms with E-state index in [1.54, 1.807) is 0 Å². The molecule has 0 bridgehead atoms. The van der Waals surface area contributed by atoms with Crippen LogP contribution in [0.1, 0.15) is 5.69 Å². The normalized spacial score (nSPS) is 16.9. The molecule has 1 aromatic heterocycles. The van der Waals surface area contributed by atoms with Crippen LogP contribution in [0.15, 0.2) is 34.5 Å². The van der Waals surface area contributed by atoms with Crippen LogP contribution in [0.4, 0.5) is 24.0 Å². The Morgan fingerprint density at radius 3 is 2.35 bits per heavy atom. The summed E-state index contributed by atoms with van der Waals surface area (Å²) in [6.07, 6.45) is -4.60. The number of alkyl halides is 3. The number of amides is 1. The van der Waals surface area contributed by atoms with E-state index in [-0.39, 0.29) is 23.1 Å². The number of carbonyl (C=O) groups is 1. The second kappa shape index (κ2) is 6.52. The van der Waals surface area contributed by atoms with E-state index in [4.69, 9.17) is 5.73 Å². The van der Waals surface area contributed by atoms with Crippen molar-refractivity contribution in [2.24, 2.45) is 0 Å². The third-order valence-corrected chi connectivity index (χ3v) is 6.44. The summed E-state index contributed by atoms with van der Waals surface area (Å²) in [4.78, 5) is 16.8. The zero-order valence-electron chi connectivity index (χ0n) is 13.1. The van der Waals surface area contributed by atoms with Gasteiger partial charge in [-0.3, -0.25) is 9.69 Å². The lowest BCUT2D eigenvalue weighted by Crippen LogP contribution is -2.52.